The van der Waals surface area contributed by atoms with Crippen LogP contribution in [0.3, 0.4) is 0 Å². The summed E-state index contributed by atoms with van der Waals surface area (Å²) >= 11 is 0. The molecular formula is C7H8F3N3O. The van der Waals surface area contributed by atoms with Gasteiger partial charge in [-0.3, -0.25) is 0 Å². The Labute approximate surface area is 77.5 Å². The van der Waals surface area contributed by atoms with Crippen molar-refractivity contribution in [2.75, 3.05) is 6.54 Å². The molecule has 4 nitrogen and oxygen atoms in total. The molecule has 1 aromatic heterocycles. The summed E-state index contributed by atoms with van der Waals surface area (Å²) in [6.45, 7) is 0.772. The van der Waals surface area contributed by atoms with E-state index in [-0.39, 0.29) is 11.9 Å². The lowest BCUT2D eigenvalue weighted by atomic mass is 10.2. The van der Waals surface area contributed by atoms with E-state index in [1.54, 1.807) is 0 Å². The van der Waals surface area contributed by atoms with Crippen LogP contribution in [-0.4, -0.2) is 16.7 Å². The first kappa shape index (κ1) is 9.45. The number of halogens is 3. The maximum absolute atomic E-state index is 12.1. The Bertz CT molecular complexity index is 316. The number of nitrogens with zero attached hydrogens (tertiary/aromatic N) is 2. The van der Waals surface area contributed by atoms with Crippen LogP contribution in [0, 0.1) is 0 Å². The van der Waals surface area contributed by atoms with Crippen molar-refractivity contribution in [3.63, 3.8) is 0 Å². The van der Waals surface area contributed by atoms with Gasteiger partial charge < -0.3 is 9.84 Å². The van der Waals surface area contributed by atoms with Gasteiger partial charge in [-0.15, -0.1) is 0 Å². The van der Waals surface area contributed by atoms with Crippen molar-refractivity contribution in [1.82, 2.24) is 15.5 Å². The van der Waals surface area contributed by atoms with E-state index in [1.165, 1.54) is 0 Å². The highest BCUT2D eigenvalue weighted by Crippen LogP contribution is 2.29. The Kier molecular flexibility index (Phi) is 2.18. The molecule has 0 unspecified atom stereocenters. The van der Waals surface area contributed by atoms with Crippen molar-refractivity contribution in [3.05, 3.63) is 11.7 Å². The fourth-order valence-corrected chi connectivity index (χ4v) is 1.39. The van der Waals surface area contributed by atoms with Crippen LogP contribution in [-0.2, 0) is 6.18 Å². The normalized spacial score (nSPS) is 22.9. The van der Waals surface area contributed by atoms with Crippen LogP contribution < -0.4 is 5.32 Å². The quantitative estimate of drug-likeness (QED) is 0.758. The molecule has 1 N–H and O–H groups in total. The summed E-state index contributed by atoms with van der Waals surface area (Å²) < 4.78 is 40.8. The molecule has 0 aliphatic carbocycles. The van der Waals surface area contributed by atoms with E-state index in [4.69, 9.17) is 0 Å². The summed E-state index contributed by atoms with van der Waals surface area (Å²) in [4.78, 5) is 3.30. The van der Waals surface area contributed by atoms with Crippen LogP contribution in [0.25, 0.3) is 0 Å². The highest BCUT2D eigenvalue weighted by atomic mass is 19.4. The zero-order valence-corrected chi connectivity index (χ0v) is 7.14. The van der Waals surface area contributed by atoms with E-state index >= 15 is 0 Å². The smallest absolute Gasteiger partial charge is 0.337 e. The Hall–Kier alpha value is -1.11. The van der Waals surface area contributed by atoms with Gasteiger partial charge in [-0.05, 0) is 19.4 Å². The predicted octanol–water partition coefficient (Wildman–Crippen LogP) is 1.51. The fraction of sp³-hybridized carbons (Fsp3) is 0.714. The zero-order valence-electron chi connectivity index (χ0n) is 7.14. The SMILES string of the molecule is FC(F)(F)c1noc([C@H]2CCCN2)n1. The van der Waals surface area contributed by atoms with E-state index in [9.17, 15) is 13.2 Å². The minimum absolute atomic E-state index is 0.0230. The van der Waals surface area contributed by atoms with Crippen LogP contribution in [0.15, 0.2) is 4.52 Å². The molecule has 0 aromatic carbocycles. The molecule has 0 radical (unpaired) electrons. The van der Waals surface area contributed by atoms with E-state index in [2.05, 4.69) is 20.0 Å². The monoisotopic (exact) mass is 207 g/mol. The van der Waals surface area contributed by atoms with Crippen molar-refractivity contribution in [3.8, 4) is 0 Å². The molecule has 1 saturated heterocycles. The van der Waals surface area contributed by atoms with Gasteiger partial charge in [0.2, 0.25) is 5.89 Å². The molecule has 1 aliphatic rings. The Morgan fingerprint density at radius 1 is 1.43 bits per heavy atom. The van der Waals surface area contributed by atoms with Crippen LogP contribution in [0.5, 0.6) is 0 Å². The van der Waals surface area contributed by atoms with Crippen LogP contribution in [0.2, 0.25) is 0 Å². The zero-order chi connectivity index (χ0) is 10.2. The summed E-state index contributed by atoms with van der Waals surface area (Å²) in [5.74, 6) is -1.18. The predicted molar refractivity (Wildman–Crippen MR) is 39.3 cm³/mol. The third-order valence-corrected chi connectivity index (χ3v) is 2.05. The summed E-state index contributed by atoms with van der Waals surface area (Å²) in [7, 11) is 0. The summed E-state index contributed by atoms with van der Waals surface area (Å²) in [5, 5.41) is 5.85. The first-order valence-electron chi connectivity index (χ1n) is 4.21. The lowest BCUT2D eigenvalue weighted by Gasteiger charge is -2.01. The summed E-state index contributed by atoms with van der Waals surface area (Å²) in [5.41, 5.74) is 0. The number of rotatable bonds is 1. The number of hydrogen-bond donors (Lipinski definition) is 1. The topological polar surface area (TPSA) is 51.0 Å². The molecule has 14 heavy (non-hydrogen) atoms. The fourth-order valence-electron chi connectivity index (χ4n) is 1.39. The largest absolute Gasteiger partial charge is 0.455 e. The summed E-state index contributed by atoms with van der Waals surface area (Å²) in [6.07, 6.45) is -2.88. The molecule has 0 bridgehead atoms. The standard InChI is InChI=1S/C7H8F3N3O/c8-7(9,10)6-12-5(14-13-6)4-2-1-3-11-4/h4,11H,1-3H2/t4-/m1/s1. The van der Waals surface area contributed by atoms with Gasteiger partial charge >= 0.3 is 6.18 Å². The van der Waals surface area contributed by atoms with Gasteiger partial charge in [0.05, 0.1) is 6.04 Å². The number of alkyl halides is 3. The second kappa shape index (κ2) is 3.23. The summed E-state index contributed by atoms with van der Waals surface area (Å²) in [6, 6.07) is -0.224. The van der Waals surface area contributed by atoms with Gasteiger partial charge in [0.15, 0.2) is 0 Å². The van der Waals surface area contributed by atoms with Gasteiger partial charge in [0, 0.05) is 0 Å². The van der Waals surface area contributed by atoms with Gasteiger partial charge in [0.1, 0.15) is 0 Å². The molecule has 1 aromatic rings. The maximum Gasteiger partial charge on any atom is 0.455 e. The molecule has 1 atom stereocenters. The number of nitrogens with one attached hydrogen (secondary N) is 1. The van der Waals surface area contributed by atoms with E-state index in [0.717, 1.165) is 19.4 Å². The van der Waals surface area contributed by atoms with Gasteiger partial charge in [0.25, 0.3) is 5.82 Å². The van der Waals surface area contributed by atoms with Gasteiger partial charge in [-0.2, -0.15) is 18.2 Å². The Morgan fingerprint density at radius 3 is 2.71 bits per heavy atom. The van der Waals surface area contributed by atoms with Crippen molar-refractivity contribution in [2.24, 2.45) is 0 Å². The lowest BCUT2D eigenvalue weighted by molar-refractivity contribution is -0.146. The van der Waals surface area contributed by atoms with Crippen molar-refractivity contribution in [1.29, 1.82) is 0 Å². The Morgan fingerprint density at radius 2 is 2.21 bits per heavy atom. The van der Waals surface area contributed by atoms with E-state index in [0.29, 0.717) is 0 Å². The first-order valence-corrected chi connectivity index (χ1v) is 4.21. The molecule has 7 heteroatoms. The second-order valence-corrected chi connectivity index (χ2v) is 3.10. The second-order valence-electron chi connectivity index (χ2n) is 3.10. The average molecular weight is 207 g/mol. The molecule has 78 valence electrons. The molecule has 2 heterocycles. The van der Waals surface area contributed by atoms with Gasteiger partial charge in [-0.1, -0.05) is 5.16 Å². The van der Waals surface area contributed by atoms with Crippen molar-refractivity contribution < 1.29 is 17.7 Å². The molecule has 2 rings (SSSR count). The average Bonchev–Trinajstić information content (AvgIpc) is 2.73. The van der Waals surface area contributed by atoms with E-state index < -0.39 is 12.0 Å². The van der Waals surface area contributed by atoms with Gasteiger partial charge in [-0.25, -0.2) is 0 Å². The minimum atomic E-state index is -4.53. The Balaban J connectivity index is 2.17. The van der Waals surface area contributed by atoms with Crippen molar-refractivity contribution in [2.45, 2.75) is 25.1 Å². The van der Waals surface area contributed by atoms with E-state index in [1.807, 2.05) is 0 Å². The van der Waals surface area contributed by atoms with Crippen LogP contribution in [0.1, 0.15) is 30.6 Å². The molecule has 0 amide bonds. The maximum atomic E-state index is 12.1. The lowest BCUT2D eigenvalue weighted by Crippen LogP contribution is -2.14. The highest BCUT2D eigenvalue weighted by Gasteiger charge is 2.38. The first-order chi connectivity index (χ1) is 6.57. The van der Waals surface area contributed by atoms with Crippen LogP contribution >= 0.6 is 0 Å². The molecule has 1 aliphatic heterocycles. The molecule has 0 spiro atoms. The number of hydrogen-bond acceptors (Lipinski definition) is 4. The number of aromatic nitrogens is 2. The third kappa shape index (κ3) is 1.72. The molecule has 0 saturated carbocycles. The van der Waals surface area contributed by atoms with Crippen molar-refractivity contribution >= 4 is 0 Å². The highest BCUT2D eigenvalue weighted by molar-refractivity contribution is 4.97. The third-order valence-electron chi connectivity index (χ3n) is 2.05. The molecular weight excluding hydrogens is 199 g/mol. The van der Waals surface area contributed by atoms with Crippen LogP contribution in [0.4, 0.5) is 13.2 Å². The molecule has 1 fully saturated rings. The minimum Gasteiger partial charge on any atom is -0.337 e.